The van der Waals surface area contributed by atoms with E-state index in [2.05, 4.69) is 5.32 Å². The SMILES string of the molecule is CNCc1c(F)cccc1Oc1c(Cl)cccc1[N+](=O)[O-]. The first-order chi connectivity index (χ1) is 10.0. The molecule has 0 aliphatic carbocycles. The minimum Gasteiger partial charge on any atom is -0.448 e. The third-order valence-corrected chi connectivity index (χ3v) is 3.08. The van der Waals surface area contributed by atoms with Gasteiger partial charge in [0.2, 0.25) is 5.75 Å². The minimum atomic E-state index is -0.599. The Balaban J connectivity index is 2.48. The van der Waals surface area contributed by atoms with Gasteiger partial charge in [0.25, 0.3) is 0 Å². The second kappa shape index (κ2) is 6.51. The Kier molecular flexibility index (Phi) is 4.72. The van der Waals surface area contributed by atoms with Crippen LogP contribution in [0.1, 0.15) is 5.56 Å². The average molecular weight is 311 g/mol. The molecule has 0 saturated carbocycles. The van der Waals surface area contributed by atoms with Gasteiger partial charge in [0.05, 0.1) is 9.95 Å². The number of nitrogens with one attached hydrogen (secondary N) is 1. The number of rotatable bonds is 5. The number of nitro groups is 1. The van der Waals surface area contributed by atoms with Gasteiger partial charge in [-0.3, -0.25) is 10.1 Å². The van der Waals surface area contributed by atoms with E-state index in [1.807, 2.05) is 0 Å². The number of hydrogen-bond acceptors (Lipinski definition) is 4. The Hall–Kier alpha value is -2.18. The summed E-state index contributed by atoms with van der Waals surface area (Å²) in [6.07, 6.45) is 0. The molecule has 2 aromatic carbocycles. The molecule has 2 rings (SSSR count). The molecule has 0 bridgehead atoms. The third-order valence-electron chi connectivity index (χ3n) is 2.78. The second-order valence-corrected chi connectivity index (χ2v) is 4.60. The molecule has 0 aromatic heterocycles. The highest BCUT2D eigenvalue weighted by molar-refractivity contribution is 6.32. The predicted molar refractivity (Wildman–Crippen MR) is 77.3 cm³/mol. The van der Waals surface area contributed by atoms with Gasteiger partial charge in [-0.25, -0.2) is 4.39 Å². The van der Waals surface area contributed by atoms with E-state index in [4.69, 9.17) is 16.3 Å². The van der Waals surface area contributed by atoms with Gasteiger partial charge in [0, 0.05) is 18.2 Å². The molecule has 0 fully saturated rings. The molecule has 0 atom stereocenters. The van der Waals surface area contributed by atoms with Crippen molar-refractivity contribution in [1.29, 1.82) is 0 Å². The van der Waals surface area contributed by atoms with Crippen molar-refractivity contribution in [1.82, 2.24) is 5.32 Å². The summed E-state index contributed by atoms with van der Waals surface area (Å²) in [7, 11) is 1.66. The summed E-state index contributed by atoms with van der Waals surface area (Å²) in [5.41, 5.74) is -0.00335. The average Bonchev–Trinajstić information content (AvgIpc) is 2.44. The Bertz CT molecular complexity index is 679. The van der Waals surface area contributed by atoms with Crippen LogP contribution in [0.2, 0.25) is 5.02 Å². The van der Waals surface area contributed by atoms with Crippen molar-refractivity contribution in [3.05, 3.63) is 62.9 Å². The molecule has 0 heterocycles. The first-order valence-electron chi connectivity index (χ1n) is 6.07. The summed E-state index contributed by atoms with van der Waals surface area (Å²) in [4.78, 5) is 10.4. The summed E-state index contributed by atoms with van der Waals surface area (Å²) < 4.78 is 19.3. The number of nitrogens with zero attached hydrogens (tertiary/aromatic N) is 1. The standard InChI is InChI=1S/C14H12ClFN2O3/c1-17-8-9-11(16)5-3-7-13(9)21-14-10(15)4-2-6-12(14)18(19)20/h2-7,17H,8H2,1H3. The molecule has 1 N–H and O–H groups in total. The van der Waals surface area contributed by atoms with Gasteiger partial charge in [-0.05, 0) is 25.2 Å². The normalized spacial score (nSPS) is 10.4. The van der Waals surface area contributed by atoms with Gasteiger partial charge in [-0.15, -0.1) is 0 Å². The first-order valence-corrected chi connectivity index (χ1v) is 6.45. The molecule has 0 radical (unpaired) electrons. The highest BCUT2D eigenvalue weighted by Gasteiger charge is 2.20. The zero-order chi connectivity index (χ0) is 15.4. The van der Waals surface area contributed by atoms with Crippen LogP contribution in [0.5, 0.6) is 11.5 Å². The van der Waals surface area contributed by atoms with Gasteiger partial charge in [-0.2, -0.15) is 0 Å². The Morgan fingerprint density at radius 3 is 2.71 bits per heavy atom. The largest absolute Gasteiger partial charge is 0.448 e. The molecule has 0 aliphatic rings. The van der Waals surface area contributed by atoms with Crippen molar-refractivity contribution < 1.29 is 14.1 Å². The molecular formula is C14H12ClFN2O3. The van der Waals surface area contributed by atoms with E-state index < -0.39 is 10.7 Å². The maximum absolute atomic E-state index is 13.8. The van der Waals surface area contributed by atoms with Crippen molar-refractivity contribution in [3.8, 4) is 11.5 Å². The van der Waals surface area contributed by atoms with E-state index in [0.29, 0.717) is 0 Å². The fourth-order valence-corrected chi connectivity index (χ4v) is 2.04. The van der Waals surface area contributed by atoms with Gasteiger partial charge in [-0.1, -0.05) is 23.7 Å². The summed E-state index contributed by atoms with van der Waals surface area (Å²) in [5, 5.41) is 13.9. The Morgan fingerprint density at radius 1 is 1.33 bits per heavy atom. The zero-order valence-corrected chi connectivity index (χ0v) is 11.9. The predicted octanol–water partition coefficient (Wildman–Crippen LogP) is 3.90. The van der Waals surface area contributed by atoms with E-state index in [1.165, 1.54) is 36.4 Å². The van der Waals surface area contributed by atoms with Crippen molar-refractivity contribution in [3.63, 3.8) is 0 Å². The van der Waals surface area contributed by atoms with E-state index in [1.54, 1.807) is 7.05 Å². The third kappa shape index (κ3) is 3.29. The molecule has 2 aromatic rings. The van der Waals surface area contributed by atoms with Crippen LogP contribution in [0, 0.1) is 15.9 Å². The number of hydrogen-bond donors (Lipinski definition) is 1. The van der Waals surface area contributed by atoms with Gasteiger partial charge in [0.1, 0.15) is 11.6 Å². The monoisotopic (exact) mass is 310 g/mol. The Morgan fingerprint density at radius 2 is 2.05 bits per heavy atom. The van der Waals surface area contributed by atoms with E-state index in [-0.39, 0.29) is 34.3 Å². The van der Waals surface area contributed by atoms with Crippen molar-refractivity contribution in [2.45, 2.75) is 6.54 Å². The van der Waals surface area contributed by atoms with Crippen LogP contribution in [-0.2, 0) is 6.54 Å². The molecular weight excluding hydrogens is 299 g/mol. The fraction of sp³-hybridized carbons (Fsp3) is 0.143. The maximum Gasteiger partial charge on any atom is 0.313 e. The second-order valence-electron chi connectivity index (χ2n) is 4.19. The smallest absolute Gasteiger partial charge is 0.313 e. The zero-order valence-electron chi connectivity index (χ0n) is 11.1. The number of benzene rings is 2. The number of halogens is 2. The Labute approximate surface area is 125 Å². The summed E-state index contributed by atoms with van der Waals surface area (Å²) in [6.45, 7) is 0.222. The molecule has 21 heavy (non-hydrogen) atoms. The first kappa shape index (κ1) is 15.2. The molecule has 0 amide bonds. The lowest BCUT2D eigenvalue weighted by molar-refractivity contribution is -0.385. The van der Waals surface area contributed by atoms with Crippen LogP contribution in [0.4, 0.5) is 10.1 Å². The topological polar surface area (TPSA) is 64.4 Å². The van der Waals surface area contributed by atoms with Crippen LogP contribution >= 0.6 is 11.6 Å². The molecule has 5 nitrogen and oxygen atoms in total. The summed E-state index contributed by atoms with van der Waals surface area (Å²) >= 11 is 5.95. The van der Waals surface area contributed by atoms with E-state index in [0.717, 1.165) is 0 Å². The van der Waals surface area contributed by atoms with Gasteiger partial charge in [0.15, 0.2) is 0 Å². The van der Waals surface area contributed by atoms with E-state index >= 15 is 0 Å². The fourth-order valence-electron chi connectivity index (χ4n) is 1.84. The number of para-hydroxylation sites is 1. The molecule has 110 valence electrons. The molecule has 0 spiro atoms. The highest BCUT2D eigenvalue weighted by atomic mass is 35.5. The van der Waals surface area contributed by atoms with Crippen LogP contribution in [0.15, 0.2) is 36.4 Å². The molecule has 7 heteroatoms. The maximum atomic E-state index is 13.8. The highest BCUT2D eigenvalue weighted by Crippen LogP contribution is 2.39. The summed E-state index contributed by atoms with van der Waals surface area (Å²) in [6, 6.07) is 8.49. The number of nitro benzene ring substituents is 1. The quantitative estimate of drug-likeness (QED) is 0.672. The minimum absolute atomic E-state index is 0.0869. The lowest BCUT2D eigenvalue weighted by atomic mass is 10.2. The van der Waals surface area contributed by atoms with Crippen LogP contribution in [0.3, 0.4) is 0 Å². The number of ether oxygens (including phenoxy) is 1. The van der Waals surface area contributed by atoms with Crippen LogP contribution in [-0.4, -0.2) is 12.0 Å². The van der Waals surface area contributed by atoms with Crippen molar-refractivity contribution in [2.75, 3.05) is 7.05 Å². The van der Waals surface area contributed by atoms with E-state index in [9.17, 15) is 14.5 Å². The van der Waals surface area contributed by atoms with Crippen molar-refractivity contribution in [2.24, 2.45) is 0 Å². The van der Waals surface area contributed by atoms with Crippen LogP contribution in [0.25, 0.3) is 0 Å². The van der Waals surface area contributed by atoms with Gasteiger partial charge >= 0.3 is 5.69 Å². The van der Waals surface area contributed by atoms with Crippen molar-refractivity contribution >= 4 is 17.3 Å². The lowest BCUT2D eigenvalue weighted by Crippen LogP contribution is -2.08. The van der Waals surface area contributed by atoms with Gasteiger partial charge < -0.3 is 10.1 Å². The lowest BCUT2D eigenvalue weighted by Gasteiger charge is -2.12. The van der Waals surface area contributed by atoms with Crippen LogP contribution < -0.4 is 10.1 Å². The molecule has 0 saturated heterocycles. The summed E-state index contributed by atoms with van der Waals surface area (Å²) in [5.74, 6) is -0.385. The molecule has 0 unspecified atom stereocenters. The molecule has 0 aliphatic heterocycles.